The number of phenolic OH excluding ortho intramolecular Hbond substituents is 2. The smallest absolute Gasteiger partial charge is 0.275 e. The first-order chi connectivity index (χ1) is 9.58. The Bertz CT molecular complexity index is 654. The number of carbonyl (C=O) groups excluding carboxylic acids is 1. The van der Waals surface area contributed by atoms with Gasteiger partial charge < -0.3 is 10.2 Å². The number of hydrazone groups is 1. The van der Waals surface area contributed by atoms with Crippen LogP contribution in [-0.2, 0) is 0 Å². The second-order valence-corrected chi connectivity index (χ2v) is 4.08. The Morgan fingerprint density at radius 3 is 2.75 bits per heavy atom. The van der Waals surface area contributed by atoms with Crippen LogP contribution in [0.5, 0.6) is 11.5 Å². The van der Waals surface area contributed by atoms with Crippen molar-refractivity contribution in [3.8, 4) is 11.5 Å². The standard InChI is InChI=1S/C14H13N3O3/c1-9(10-3-2-6-15-8-10)16-17-14(20)12-5-4-11(18)7-13(12)19/h2-8,18-19H,1H3,(H,17,20)/b16-9+. The Kier molecular flexibility index (Phi) is 3.95. The van der Waals surface area contributed by atoms with Crippen LogP contribution in [0.25, 0.3) is 0 Å². The van der Waals surface area contributed by atoms with Gasteiger partial charge in [-0.25, -0.2) is 5.43 Å². The van der Waals surface area contributed by atoms with Crippen LogP contribution in [0.3, 0.4) is 0 Å². The van der Waals surface area contributed by atoms with Gasteiger partial charge in [-0.1, -0.05) is 6.07 Å². The van der Waals surface area contributed by atoms with Crippen LogP contribution in [0.15, 0.2) is 47.8 Å². The summed E-state index contributed by atoms with van der Waals surface area (Å²) in [6.45, 7) is 1.73. The summed E-state index contributed by atoms with van der Waals surface area (Å²) >= 11 is 0. The summed E-state index contributed by atoms with van der Waals surface area (Å²) < 4.78 is 0. The van der Waals surface area contributed by atoms with Crippen molar-refractivity contribution in [3.05, 3.63) is 53.9 Å². The van der Waals surface area contributed by atoms with Crippen molar-refractivity contribution < 1.29 is 15.0 Å². The molecule has 6 heteroatoms. The minimum Gasteiger partial charge on any atom is -0.508 e. The topological polar surface area (TPSA) is 94.8 Å². The van der Waals surface area contributed by atoms with E-state index < -0.39 is 5.91 Å². The molecule has 0 spiro atoms. The highest BCUT2D eigenvalue weighted by Crippen LogP contribution is 2.22. The van der Waals surface area contributed by atoms with Gasteiger partial charge in [-0.3, -0.25) is 9.78 Å². The van der Waals surface area contributed by atoms with Crippen LogP contribution in [0.2, 0.25) is 0 Å². The number of hydrogen-bond donors (Lipinski definition) is 3. The highest BCUT2D eigenvalue weighted by molar-refractivity contribution is 6.01. The normalized spacial score (nSPS) is 11.2. The molecule has 0 unspecified atom stereocenters. The van der Waals surface area contributed by atoms with Gasteiger partial charge in [0.15, 0.2) is 0 Å². The lowest BCUT2D eigenvalue weighted by molar-refractivity contribution is 0.0952. The lowest BCUT2D eigenvalue weighted by atomic mass is 10.2. The molecule has 0 fully saturated rings. The molecular formula is C14H13N3O3. The van der Waals surface area contributed by atoms with Gasteiger partial charge in [0.05, 0.1) is 11.3 Å². The number of nitrogens with zero attached hydrogens (tertiary/aromatic N) is 2. The second-order valence-electron chi connectivity index (χ2n) is 4.08. The van der Waals surface area contributed by atoms with Gasteiger partial charge in [0.2, 0.25) is 0 Å². The zero-order chi connectivity index (χ0) is 14.5. The number of carbonyl (C=O) groups is 1. The third-order valence-electron chi connectivity index (χ3n) is 2.63. The van der Waals surface area contributed by atoms with Crippen LogP contribution < -0.4 is 5.43 Å². The Morgan fingerprint density at radius 1 is 1.30 bits per heavy atom. The summed E-state index contributed by atoms with van der Waals surface area (Å²) in [5.41, 5.74) is 3.74. The molecule has 0 aliphatic heterocycles. The molecule has 0 atom stereocenters. The molecule has 1 amide bonds. The lowest BCUT2D eigenvalue weighted by Gasteiger charge is -2.04. The number of phenols is 2. The fourth-order valence-electron chi connectivity index (χ4n) is 1.55. The number of benzene rings is 1. The molecule has 2 aromatic rings. The molecule has 0 bridgehead atoms. The average Bonchev–Trinajstić information content (AvgIpc) is 2.45. The molecular weight excluding hydrogens is 258 g/mol. The van der Waals surface area contributed by atoms with Gasteiger partial charge in [0.1, 0.15) is 11.5 Å². The minimum atomic E-state index is -0.564. The molecule has 2 rings (SSSR count). The molecule has 0 aliphatic carbocycles. The van der Waals surface area contributed by atoms with Gasteiger partial charge >= 0.3 is 0 Å². The summed E-state index contributed by atoms with van der Waals surface area (Å²) in [7, 11) is 0. The van der Waals surface area contributed by atoms with Crippen molar-refractivity contribution >= 4 is 11.6 Å². The van der Waals surface area contributed by atoms with Crippen LogP contribution in [0, 0.1) is 0 Å². The zero-order valence-electron chi connectivity index (χ0n) is 10.7. The molecule has 0 radical (unpaired) electrons. The van der Waals surface area contributed by atoms with E-state index in [9.17, 15) is 9.90 Å². The third kappa shape index (κ3) is 3.11. The molecule has 3 N–H and O–H groups in total. The predicted octanol–water partition coefficient (Wildman–Crippen LogP) is 1.65. The number of hydrogen-bond acceptors (Lipinski definition) is 5. The van der Waals surface area contributed by atoms with Crippen LogP contribution in [0.4, 0.5) is 0 Å². The number of aromatic hydroxyl groups is 2. The van der Waals surface area contributed by atoms with Crippen molar-refractivity contribution in [1.29, 1.82) is 0 Å². The molecule has 1 aromatic heterocycles. The third-order valence-corrected chi connectivity index (χ3v) is 2.63. The quantitative estimate of drug-likeness (QED) is 0.584. The van der Waals surface area contributed by atoms with Crippen LogP contribution >= 0.6 is 0 Å². The van der Waals surface area contributed by atoms with Crippen molar-refractivity contribution in [2.45, 2.75) is 6.92 Å². The fourth-order valence-corrected chi connectivity index (χ4v) is 1.55. The minimum absolute atomic E-state index is 0.0329. The first-order valence-corrected chi connectivity index (χ1v) is 5.85. The molecule has 102 valence electrons. The SMILES string of the molecule is C/C(=N\NC(=O)c1ccc(O)cc1O)c1cccnc1. The Labute approximate surface area is 115 Å². The fraction of sp³-hybridized carbons (Fsp3) is 0.0714. The summed E-state index contributed by atoms with van der Waals surface area (Å²) in [4.78, 5) is 15.8. The van der Waals surface area contributed by atoms with Gasteiger partial charge in [0.25, 0.3) is 5.91 Å². The van der Waals surface area contributed by atoms with Gasteiger partial charge in [-0.15, -0.1) is 0 Å². The molecule has 0 saturated heterocycles. The highest BCUT2D eigenvalue weighted by Gasteiger charge is 2.11. The van der Waals surface area contributed by atoms with Gasteiger partial charge in [0, 0.05) is 24.0 Å². The summed E-state index contributed by atoms with van der Waals surface area (Å²) in [5, 5.41) is 22.7. The van der Waals surface area contributed by atoms with E-state index in [-0.39, 0.29) is 17.1 Å². The van der Waals surface area contributed by atoms with E-state index in [1.54, 1.807) is 25.4 Å². The van der Waals surface area contributed by atoms with Crippen molar-refractivity contribution in [3.63, 3.8) is 0 Å². The van der Waals surface area contributed by atoms with Gasteiger partial charge in [-0.05, 0) is 25.1 Å². The maximum Gasteiger partial charge on any atom is 0.275 e. The van der Waals surface area contributed by atoms with E-state index in [1.165, 1.54) is 12.1 Å². The van der Waals surface area contributed by atoms with Crippen molar-refractivity contribution in [1.82, 2.24) is 10.4 Å². The number of amides is 1. The number of aromatic nitrogens is 1. The molecule has 1 heterocycles. The Morgan fingerprint density at radius 2 is 2.10 bits per heavy atom. The van der Waals surface area contributed by atoms with E-state index >= 15 is 0 Å². The van der Waals surface area contributed by atoms with E-state index in [0.29, 0.717) is 5.71 Å². The maximum absolute atomic E-state index is 11.8. The molecule has 0 aliphatic rings. The first-order valence-electron chi connectivity index (χ1n) is 5.85. The number of pyridine rings is 1. The van der Waals surface area contributed by atoms with E-state index in [4.69, 9.17) is 5.11 Å². The van der Waals surface area contributed by atoms with E-state index in [1.807, 2.05) is 6.07 Å². The monoisotopic (exact) mass is 271 g/mol. The van der Waals surface area contributed by atoms with E-state index in [2.05, 4.69) is 15.5 Å². The summed E-state index contributed by atoms with van der Waals surface area (Å²) in [6, 6.07) is 7.30. The summed E-state index contributed by atoms with van der Waals surface area (Å²) in [6.07, 6.45) is 3.27. The number of nitrogens with one attached hydrogen (secondary N) is 1. The van der Waals surface area contributed by atoms with Crippen LogP contribution in [0.1, 0.15) is 22.8 Å². The second kappa shape index (κ2) is 5.83. The Balaban J connectivity index is 2.12. The molecule has 0 saturated carbocycles. The first kappa shape index (κ1) is 13.5. The van der Waals surface area contributed by atoms with Crippen molar-refractivity contribution in [2.75, 3.05) is 0 Å². The maximum atomic E-state index is 11.8. The lowest BCUT2D eigenvalue weighted by Crippen LogP contribution is -2.19. The molecule has 6 nitrogen and oxygen atoms in total. The highest BCUT2D eigenvalue weighted by atomic mass is 16.3. The zero-order valence-corrected chi connectivity index (χ0v) is 10.7. The Hall–Kier alpha value is -2.89. The molecule has 20 heavy (non-hydrogen) atoms. The van der Waals surface area contributed by atoms with Gasteiger partial charge in [-0.2, -0.15) is 5.10 Å². The van der Waals surface area contributed by atoms with Crippen molar-refractivity contribution in [2.24, 2.45) is 5.10 Å². The number of rotatable bonds is 3. The predicted molar refractivity (Wildman–Crippen MR) is 73.7 cm³/mol. The summed E-state index contributed by atoms with van der Waals surface area (Å²) in [5.74, 6) is -0.989. The average molecular weight is 271 g/mol. The van der Waals surface area contributed by atoms with Crippen LogP contribution in [-0.4, -0.2) is 26.8 Å². The molecule has 1 aromatic carbocycles. The van der Waals surface area contributed by atoms with E-state index in [0.717, 1.165) is 11.6 Å². The largest absolute Gasteiger partial charge is 0.508 e.